The highest BCUT2D eigenvalue weighted by Crippen LogP contribution is 2.38. The molecule has 1 fully saturated rings. The van der Waals surface area contributed by atoms with Crippen molar-refractivity contribution in [3.05, 3.63) is 47.5 Å². The maximum absolute atomic E-state index is 13.5. The summed E-state index contributed by atoms with van der Waals surface area (Å²) < 4.78 is 69.1. The molecule has 0 aliphatic carbocycles. The van der Waals surface area contributed by atoms with Gasteiger partial charge in [-0.2, -0.15) is 4.31 Å². The molecule has 0 radical (unpaired) electrons. The summed E-state index contributed by atoms with van der Waals surface area (Å²) in [5.41, 5.74) is 0.654. The Balaban J connectivity index is 1.67. The Labute approximate surface area is 185 Å². The summed E-state index contributed by atoms with van der Waals surface area (Å²) in [6.45, 7) is 0.434. The van der Waals surface area contributed by atoms with Crippen LogP contribution in [0.2, 0.25) is 0 Å². The summed E-state index contributed by atoms with van der Waals surface area (Å²) in [7, 11) is 0.455. The molecule has 2 aromatic rings. The number of ether oxygens (including phenoxy) is 3. The highest BCUT2D eigenvalue weighted by molar-refractivity contribution is 7.89. The molecule has 0 atom stereocenters. The van der Waals surface area contributed by atoms with E-state index in [1.165, 1.54) is 21.3 Å². The average Bonchev–Trinajstić information content (AvgIpc) is 2.80. The molecule has 3 rings (SSSR count). The fraction of sp³-hybridized carbons (Fsp3) is 0.381. The van der Waals surface area contributed by atoms with E-state index in [1.54, 1.807) is 17.0 Å². The average molecular weight is 470 g/mol. The van der Waals surface area contributed by atoms with E-state index in [-0.39, 0.29) is 43.4 Å². The van der Waals surface area contributed by atoms with Crippen molar-refractivity contribution >= 4 is 15.9 Å². The second kappa shape index (κ2) is 9.70. The highest BCUT2D eigenvalue weighted by Gasteiger charge is 2.31. The number of carbonyl (C=O) groups excluding carboxylic acids is 1. The van der Waals surface area contributed by atoms with E-state index < -0.39 is 21.7 Å². The number of piperazine rings is 1. The van der Waals surface area contributed by atoms with E-state index in [0.717, 1.165) is 16.4 Å². The monoisotopic (exact) mass is 470 g/mol. The molecule has 0 bridgehead atoms. The van der Waals surface area contributed by atoms with Crippen LogP contribution < -0.4 is 14.2 Å². The number of amides is 1. The Hall–Kier alpha value is -2.92. The highest BCUT2D eigenvalue weighted by atomic mass is 32.2. The van der Waals surface area contributed by atoms with Crippen LogP contribution in [0.25, 0.3) is 0 Å². The van der Waals surface area contributed by atoms with Gasteiger partial charge in [-0.25, -0.2) is 17.2 Å². The fourth-order valence-electron chi connectivity index (χ4n) is 3.49. The first-order valence-corrected chi connectivity index (χ1v) is 11.2. The summed E-state index contributed by atoms with van der Waals surface area (Å²) >= 11 is 0. The number of rotatable bonds is 7. The van der Waals surface area contributed by atoms with Crippen molar-refractivity contribution in [3.8, 4) is 17.2 Å². The van der Waals surface area contributed by atoms with Crippen molar-refractivity contribution in [2.45, 2.75) is 11.3 Å². The molecule has 1 aliphatic heterocycles. The first-order chi connectivity index (χ1) is 15.2. The quantitative estimate of drug-likeness (QED) is 0.616. The zero-order valence-electron chi connectivity index (χ0n) is 17.9. The summed E-state index contributed by atoms with van der Waals surface area (Å²) in [6.07, 6.45) is 0.0621. The second-order valence-electron chi connectivity index (χ2n) is 7.07. The lowest BCUT2D eigenvalue weighted by Crippen LogP contribution is -2.50. The third-order valence-corrected chi connectivity index (χ3v) is 7.09. The van der Waals surface area contributed by atoms with Gasteiger partial charge in [0.15, 0.2) is 23.1 Å². The number of halogens is 2. The molecule has 1 aliphatic rings. The Kier molecular flexibility index (Phi) is 7.19. The molecule has 2 aromatic carbocycles. The third-order valence-electron chi connectivity index (χ3n) is 5.20. The minimum absolute atomic E-state index is 0.0440. The minimum atomic E-state index is -3.99. The first-order valence-electron chi connectivity index (χ1n) is 9.73. The van der Waals surface area contributed by atoms with Gasteiger partial charge in [-0.1, -0.05) is 0 Å². The Morgan fingerprint density at radius 3 is 2.00 bits per heavy atom. The van der Waals surface area contributed by atoms with Gasteiger partial charge in [0, 0.05) is 26.2 Å². The number of hydrogen-bond donors (Lipinski definition) is 0. The summed E-state index contributed by atoms with van der Waals surface area (Å²) in [5, 5.41) is 0. The number of hydrogen-bond acceptors (Lipinski definition) is 6. The molecule has 0 saturated carbocycles. The topological polar surface area (TPSA) is 85.4 Å². The predicted octanol–water partition coefficient (Wildman–Crippen LogP) is 2.07. The molecule has 8 nitrogen and oxygen atoms in total. The van der Waals surface area contributed by atoms with Crippen LogP contribution in [0, 0.1) is 11.6 Å². The van der Waals surface area contributed by atoms with Crippen LogP contribution in [0.5, 0.6) is 17.2 Å². The van der Waals surface area contributed by atoms with Crippen molar-refractivity contribution < 1.29 is 36.2 Å². The SMILES string of the molecule is COc1cc(CC(=O)N2CCN(S(=O)(=O)c3ccc(F)c(F)c3)CC2)cc(OC)c1OC. The molecule has 1 saturated heterocycles. The molecular formula is C21H24F2N2O6S. The molecule has 0 unspecified atom stereocenters. The molecule has 174 valence electrons. The van der Waals surface area contributed by atoms with Crippen LogP contribution in [-0.2, 0) is 21.2 Å². The molecule has 1 heterocycles. The van der Waals surface area contributed by atoms with E-state index in [0.29, 0.717) is 28.9 Å². The molecule has 0 N–H and O–H groups in total. The summed E-state index contributed by atoms with van der Waals surface area (Å²) in [4.78, 5) is 14.0. The van der Waals surface area contributed by atoms with Gasteiger partial charge in [0.1, 0.15) is 0 Å². The predicted molar refractivity (Wildman–Crippen MR) is 111 cm³/mol. The molecule has 0 spiro atoms. The van der Waals surface area contributed by atoms with Gasteiger partial charge in [0.25, 0.3) is 0 Å². The number of methoxy groups -OCH3 is 3. The van der Waals surface area contributed by atoms with Gasteiger partial charge in [0.2, 0.25) is 21.7 Å². The number of benzene rings is 2. The second-order valence-corrected chi connectivity index (χ2v) is 9.01. The van der Waals surface area contributed by atoms with Gasteiger partial charge in [-0.05, 0) is 35.9 Å². The Morgan fingerprint density at radius 1 is 0.906 bits per heavy atom. The van der Waals surface area contributed by atoms with Gasteiger partial charge in [-0.15, -0.1) is 0 Å². The van der Waals surface area contributed by atoms with Crippen molar-refractivity contribution in [3.63, 3.8) is 0 Å². The van der Waals surface area contributed by atoms with Crippen LogP contribution >= 0.6 is 0 Å². The Bertz CT molecular complexity index is 1080. The van der Waals surface area contributed by atoms with Crippen molar-refractivity contribution in [1.29, 1.82) is 0 Å². The first kappa shape index (κ1) is 23.7. The van der Waals surface area contributed by atoms with E-state index >= 15 is 0 Å². The van der Waals surface area contributed by atoms with E-state index in [1.807, 2.05) is 0 Å². The maximum Gasteiger partial charge on any atom is 0.243 e. The van der Waals surface area contributed by atoms with E-state index in [2.05, 4.69) is 0 Å². The molecular weight excluding hydrogens is 446 g/mol. The Morgan fingerprint density at radius 2 is 1.50 bits per heavy atom. The fourth-order valence-corrected chi connectivity index (χ4v) is 4.92. The van der Waals surface area contributed by atoms with E-state index in [4.69, 9.17) is 14.2 Å². The van der Waals surface area contributed by atoms with Crippen molar-refractivity contribution in [2.24, 2.45) is 0 Å². The van der Waals surface area contributed by atoms with Crippen LogP contribution in [-0.4, -0.2) is 71.0 Å². The largest absolute Gasteiger partial charge is 0.493 e. The van der Waals surface area contributed by atoms with Crippen LogP contribution in [0.4, 0.5) is 8.78 Å². The number of carbonyl (C=O) groups is 1. The van der Waals surface area contributed by atoms with E-state index in [9.17, 15) is 22.0 Å². The molecule has 1 amide bonds. The minimum Gasteiger partial charge on any atom is -0.493 e. The lowest BCUT2D eigenvalue weighted by Gasteiger charge is -2.34. The zero-order chi connectivity index (χ0) is 23.5. The lowest BCUT2D eigenvalue weighted by molar-refractivity contribution is -0.131. The molecule has 32 heavy (non-hydrogen) atoms. The van der Waals surface area contributed by atoms with Crippen molar-refractivity contribution in [1.82, 2.24) is 9.21 Å². The normalized spacial score (nSPS) is 14.8. The van der Waals surface area contributed by atoms with Gasteiger partial charge in [0.05, 0.1) is 32.6 Å². The molecule has 11 heteroatoms. The number of nitrogens with zero attached hydrogens (tertiary/aromatic N) is 2. The van der Waals surface area contributed by atoms with Gasteiger partial charge < -0.3 is 19.1 Å². The standard InChI is InChI=1S/C21H24F2N2O6S/c1-29-18-10-14(11-19(30-2)21(18)31-3)12-20(26)24-6-8-25(9-7-24)32(27,28)15-4-5-16(22)17(23)13-15/h4-5,10-11,13H,6-9,12H2,1-3H3. The summed E-state index contributed by atoms with van der Waals surface area (Å²) in [5.74, 6) is -1.27. The third kappa shape index (κ3) is 4.78. The van der Waals surface area contributed by atoms with Crippen LogP contribution in [0.3, 0.4) is 0 Å². The summed E-state index contributed by atoms with van der Waals surface area (Å²) in [6, 6.07) is 5.83. The van der Waals surface area contributed by atoms with Gasteiger partial charge in [-0.3, -0.25) is 4.79 Å². The molecule has 0 aromatic heterocycles. The zero-order valence-corrected chi connectivity index (χ0v) is 18.7. The van der Waals surface area contributed by atoms with Crippen molar-refractivity contribution in [2.75, 3.05) is 47.5 Å². The van der Waals surface area contributed by atoms with Crippen LogP contribution in [0.15, 0.2) is 35.2 Å². The number of sulfonamides is 1. The van der Waals surface area contributed by atoms with Crippen LogP contribution in [0.1, 0.15) is 5.56 Å². The maximum atomic E-state index is 13.5. The van der Waals surface area contributed by atoms with Gasteiger partial charge >= 0.3 is 0 Å². The lowest BCUT2D eigenvalue weighted by atomic mass is 10.1. The smallest absolute Gasteiger partial charge is 0.243 e.